The van der Waals surface area contributed by atoms with Crippen LogP contribution in [0.15, 0.2) is 91.0 Å². The maximum absolute atomic E-state index is 14.7. The van der Waals surface area contributed by atoms with Crippen molar-refractivity contribution in [3.63, 3.8) is 0 Å². The fourth-order valence-corrected chi connectivity index (χ4v) is 2.89. The molecule has 4 nitrogen and oxygen atoms in total. The standard InChI is InChI=1S/C30H25FO4/c1-20(2)29(32)34-26-17-12-22(13-18-26)9-10-23-11-14-24(27(31)19-23)15-16-25-7-5-6-8-28(25)35-30(33)21(3)4/h5-19H,1,3H2,2,4H3/b10-9+,16-15+. The minimum atomic E-state index is -0.518. The van der Waals surface area contributed by atoms with E-state index in [4.69, 9.17) is 9.47 Å². The number of para-hydroxylation sites is 1. The van der Waals surface area contributed by atoms with Crippen molar-refractivity contribution in [3.05, 3.63) is 119 Å². The predicted octanol–water partition coefficient (Wildman–Crippen LogP) is 7.13. The van der Waals surface area contributed by atoms with Crippen LogP contribution in [0, 0.1) is 5.82 Å². The van der Waals surface area contributed by atoms with Gasteiger partial charge in [0.15, 0.2) is 0 Å². The Morgan fingerprint density at radius 3 is 1.94 bits per heavy atom. The van der Waals surface area contributed by atoms with Crippen molar-refractivity contribution in [2.24, 2.45) is 0 Å². The van der Waals surface area contributed by atoms with Crippen LogP contribution < -0.4 is 9.47 Å². The molecule has 0 unspecified atom stereocenters. The third-order valence-electron chi connectivity index (χ3n) is 4.84. The van der Waals surface area contributed by atoms with E-state index >= 15 is 0 Å². The van der Waals surface area contributed by atoms with E-state index in [0.717, 1.165) is 5.56 Å². The Labute approximate surface area is 204 Å². The highest BCUT2D eigenvalue weighted by atomic mass is 19.1. The van der Waals surface area contributed by atoms with E-state index in [-0.39, 0.29) is 5.82 Å². The first kappa shape index (κ1) is 25.1. The van der Waals surface area contributed by atoms with Crippen LogP contribution in [0.3, 0.4) is 0 Å². The molecule has 0 fully saturated rings. The molecule has 0 saturated carbocycles. The molecule has 0 N–H and O–H groups in total. The Morgan fingerprint density at radius 1 is 0.714 bits per heavy atom. The lowest BCUT2D eigenvalue weighted by molar-refractivity contribution is -0.130. The topological polar surface area (TPSA) is 52.6 Å². The van der Waals surface area contributed by atoms with Crippen LogP contribution in [0.25, 0.3) is 24.3 Å². The number of halogens is 1. The number of benzene rings is 3. The van der Waals surface area contributed by atoms with Gasteiger partial charge in [0, 0.05) is 22.3 Å². The maximum Gasteiger partial charge on any atom is 0.338 e. The molecule has 0 bridgehead atoms. The van der Waals surface area contributed by atoms with E-state index in [1.165, 1.54) is 6.07 Å². The summed E-state index contributed by atoms with van der Waals surface area (Å²) in [4.78, 5) is 23.4. The summed E-state index contributed by atoms with van der Waals surface area (Å²) in [6, 6.07) is 18.9. The normalized spacial score (nSPS) is 10.9. The van der Waals surface area contributed by atoms with E-state index in [0.29, 0.717) is 39.3 Å². The van der Waals surface area contributed by atoms with Crippen molar-refractivity contribution in [1.29, 1.82) is 0 Å². The van der Waals surface area contributed by atoms with Gasteiger partial charge in [-0.1, -0.05) is 79.9 Å². The number of esters is 2. The summed E-state index contributed by atoms with van der Waals surface area (Å²) in [5.74, 6) is -0.586. The minimum Gasteiger partial charge on any atom is -0.423 e. The highest BCUT2D eigenvalue weighted by Gasteiger charge is 2.08. The molecule has 176 valence electrons. The third-order valence-corrected chi connectivity index (χ3v) is 4.84. The van der Waals surface area contributed by atoms with Gasteiger partial charge in [-0.15, -0.1) is 0 Å². The molecule has 0 amide bonds. The van der Waals surface area contributed by atoms with Gasteiger partial charge in [0.2, 0.25) is 0 Å². The van der Waals surface area contributed by atoms with Crippen LogP contribution >= 0.6 is 0 Å². The van der Waals surface area contributed by atoms with Gasteiger partial charge < -0.3 is 9.47 Å². The Balaban J connectivity index is 1.70. The molecule has 0 radical (unpaired) electrons. The lowest BCUT2D eigenvalue weighted by Gasteiger charge is -2.07. The second-order valence-corrected chi connectivity index (χ2v) is 7.89. The van der Waals surface area contributed by atoms with Crippen LogP contribution in [0.1, 0.15) is 36.1 Å². The number of ether oxygens (including phenoxy) is 2. The average molecular weight is 469 g/mol. The number of carbonyl (C=O) groups is 2. The number of rotatable bonds is 8. The predicted molar refractivity (Wildman–Crippen MR) is 138 cm³/mol. The van der Waals surface area contributed by atoms with Gasteiger partial charge in [0.1, 0.15) is 17.3 Å². The van der Waals surface area contributed by atoms with E-state index in [1.54, 1.807) is 92.7 Å². The SMILES string of the molecule is C=C(C)C(=O)Oc1ccc(/C=C/c2ccc(/C=C/c3ccccc3OC(=O)C(=C)C)c(F)c2)cc1. The Morgan fingerprint density at radius 2 is 1.29 bits per heavy atom. The molecule has 0 spiro atoms. The lowest BCUT2D eigenvalue weighted by atomic mass is 10.1. The second-order valence-electron chi connectivity index (χ2n) is 7.89. The fraction of sp³-hybridized carbons (Fsp3) is 0.0667. The molecule has 0 heterocycles. The van der Waals surface area contributed by atoms with Gasteiger partial charge in [-0.3, -0.25) is 0 Å². The first-order valence-electron chi connectivity index (χ1n) is 10.8. The van der Waals surface area contributed by atoms with Crippen molar-refractivity contribution in [2.75, 3.05) is 0 Å². The molecule has 5 heteroatoms. The van der Waals surface area contributed by atoms with E-state index in [1.807, 2.05) is 6.08 Å². The summed E-state index contributed by atoms with van der Waals surface area (Å²) < 4.78 is 25.2. The zero-order chi connectivity index (χ0) is 25.4. The minimum absolute atomic E-state index is 0.292. The first-order chi connectivity index (χ1) is 16.7. The molecule has 3 aromatic rings. The molecular formula is C30H25FO4. The van der Waals surface area contributed by atoms with Crippen LogP contribution in [0.4, 0.5) is 4.39 Å². The summed E-state index contributed by atoms with van der Waals surface area (Å²) >= 11 is 0. The van der Waals surface area contributed by atoms with Gasteiger partial charge in [-0.05, 0) is 49.2 Å². The molecule has 0 saturated heterocycles. The zero-order valence-electron chi connectivity index (χ0n) is 19.6. The van der Waals surface area contributed by atoms with Crippen molar-refractivity contribution >= 4 is 36.2 Å². The molecule has 3 rings (SSSR count). The van der Waals surface area contributed by atoms with Crippen LogP contribution in [0.2, 0.25) is 0 Å². The van der Waals surface area contributed by atoms with Crippen molar-refractivity contribution in [2.45, 2.75) is 13.8 Å². The Bertz CT molecular complexity index is 1330. The molecule has 0 aromatic heterocycles. The number of hydrogen-bond donors (Lipinski definition) is 0. The van der Waals surface area contributed by atoms with Gasteiger partial charge in [0.25, 0.3) is 0 Å². The summed E-state index contributed by atoms with van der Waals surface area (Å²) in [5, 5.41) is 0. The third kappa shape index (κ3) is 7.24. The largest absolute Gasteiger partial charge is 0.423 e. The maximum atomic E-state index is 14.7. The van der Waals surface area contributed by atoms with Crippen LogP contribution in [-0.2, 0) is 9.59 Å². The van der Waals surface area contributed by atoms with Crippen molar-refractivity contribution in [1.82, 2.24) is 0 Å². The molecule has 0 aliphatic heterocycles. The summed E-state index contributed by atoms with van der Waals surface area (Å²) in [7, 11) is 0. The molecule has 35 heavy (non-hydrogen) atoms. The highest BCUT2D eigenvalue weighted by Crippen LogP contribution is 2.23. The first-order valence-corrected chi connectivity index (χ1v) is 10.8. The molecule has 0 atom stereocenters. The van der Waals surface area contributed by atoms with Gasteiger partial charge >= 0.3 is 11.9 Å². The highest BCUT2D eigenvalue weighted by molar-refractivity contribution is 5.90. The Kier molecular flexibility index (Phi) is 8.30. The zero-order valence-corrected chi connectivity index (χ0v) is 19.6. The monoisotopic (exact) mass is 468 g/mol. The number of hydrogen-bond acceptors (Lipinski definition) is 4. The lowest BCUT2D eigenvalue weighted by Crippen LogP contribution is -2.08. The van der Waals surface area contributed by atoms with Gasteiger partial charge in [-0.2, -0.15) is 0 Å². The molecule has 0 aliphatic rings. The molecule has 0 aliphatic carbocycles. The Hall–Kier alpha value is -4.51. The summed E-state index contributed by atoms with van der Waals surface area (Å²) in [6.07, 6.45) is 6.94. The van der Waals surface area contributed by atoms with E-state index in [9.17, 15) is 14.0 Å². The van der Waals surface area contributed by atoms with E-state index in [2.05, 4.69) is 13.2 Å². The molecule has 3 aromatic carbocycles. The van der Waals surface area contributed by atoms with Crippen molar-refractivity contribution in [3.8, 4) is 11.5 Å². The quantitative estimate of drug-likeness (QED) is 0.153. The van der Waals surface area contributed by atoms with Crippen LogP contribution in [-0.4, -0.2) is 11.9 Å². The smallest absolute Gasteiger partial charge is 0.338 e. The second kappa shape index (κ2) is 11.6. The summed E-state index contributed by atoms with van der Waals surface area (Å²) in [6.45, 7) is 10.3. The van der Waals surface area contributed by atoms with Gasteiger partial charge in [-0.25, -0.2) is 14.0 Å². The van der Waals surface area contributed by atoms with E-state index < -0.39 is 11.9 Å². The van der Waals surface area contributed by atoms with Crippen LogP contribution in [0.5, 0.6) is 11.5 Å². The number of carbonyl (C=O) groups excluding carboxylic acids is 2. The molecular weight excluding hydrogens is 443 g/mol. The average Bonchev–Trinajstić information content (AvgIpc) is 2.83. The van der Waals surface area contributed by atoms with Crippen molar-refractivity contribution < 1.29 is 23.5 Å². The van der Waals surface area contributed by atoms with Gasteiger partial charge in [0.05, 0.1) is 0 Å². The fourth-order valence-electron chi connectivity index (χ4n) is 2.89. The summed E-state index contributed by atoms with van der Waals surface area (Å²) in [5.41, 5.74) is 3.21.